The molecule has 0 radical (unpaired) electrons. The summed E-state index contributed by atoms with van der Waals surface area (Å²) in [7, 11) is 0. The highest BCUT2D eigenvalue weighted by atomic mass is 32.1. The second-order valence-corrected chi connectivity index (χ2v) is 7.85. The summed E-state index contributed by atoms with van der Waals surface area (Å²) in [5.74, 6) is -0.0833. The first-order chi connectivity index (χ1) is 11.6. The predicted octanol–water partition coefficient (Wildman–Crippen LogP) is 2.10. The zero-order chi connectivity index (χ0) is 16.7. The van der Waals surface area contributed by atoms with E-state index in [0.29, 0.717) is 19.4 Å². The summed E-state index contributed by atoms with van der Waals surface area (Å²) in [6.45, 7) is 0.555. The third-order valence-electron chi connectivity index (χ3n) is 5.39. The lowest BCUT2D eigenvalue weighted by Crippen LogP contribution is -2.55. The maximum Gasteiger partial charge on any atom is 0.318 e. The van der Waals surface area contributed by atoms with E-state index in [4.69, 9.17) is 0 Å². The summed E-state index contributed by atoms with van der Waals surface area (Å²) >= 11 is 1.63. The number of thiophene rings is 1. The molecule has 0 saturated carbocycles. The zero-order valence-electron chi connectivity index (χ0n) is 13.4. The van der Waals surface area contributed by atoms with Crippen molar-refractivity contribution >= 4 is 29.2 Å². The topological polar surface area (TPSA) is 69.7 Å². The Morgan fingerprint density at radius 1 is 1.12 bits per heavy atom. The second kappa shape index (κ2) is 6.20. The molecule has 1 N–H and O–H groups in total. The number of hydrogen-bond acceptors (Lipinski definition) is 4. The number of fused-ring (bicyclic) bond motifs is 2. The van der Waals surface area contributed by atoms with Gasteiger partial charge in [0.25, 0.3) is 0 Å². The van der Waals surface area contributed by atoms with Crippen molar-refractivity contribution in [2.45, 2.75) is 63.2 Å². The van der Waals surface area contributed by atoms with Crippen LogP contribution in [0.2, 0.25) is 0 Å². The van der Waals surface area contributed by atoms with Gasteiger partial charge in [-0.3, -0.25) is 14.5 Å². The molecular formula is C17H21N3O3S. The van der Waals surface area contributed by atoms with E-state index in [1.54, 1.807) is 11.3 Å². The van der Waals surface area contributed by atoms with E-state index >= 15 is 0 Å². The van der Waals surface area contributed by atoms with Gasteiger partial charge in [0, 0.05) is 35.8 Å². The first-order valence-electron chi connectivity index (χ1n) is 8.57. The molecule has 3 aliphatic heterocycles. The molecule has 6 nitrogen and oxygen atoms in total. The molecule has 0 aromatic carbocycles. The van der Waals surface area contributed by atoms with E-state index in [2.05, 4.69) is 5.32 Å². The van der Waals surface area contributed by atoms with Crippen molar-refractivity contribution in [2.24, 2.45) is 0 Å². The molecule has 0 aliphatic carbocycles. The van der Waals surface area contributed by atoms with Crippen LogP contribution in [0, 0.1) is 0 Å². The number of likely N-dealkylation sites (tertiary alicyclic amines) is 1. The number of carbonyl (C=O) groups is 3. The molecule has 0 spiro atoms. The largest absolute Gasteiger partial charge is 0.333 e. The fourth-order valence-corrected chi connectivity index (χ4v) is 5.00. The number of imide groups is 1. The summed E-state index contributed by atoms with van der Waals surface area (Å²) in [4.78, 5) is 41.1. The average Bonchev–Trinajstić information content (AvgIpc) is 3.25. The Hall–Kier alpha value is -1.89. The number of piperidine rings is 1. The van der Waals surface area contributed by atoms with Crippen molar-refractivity contribution in [3.63, 3.8) is 0 Å². The molecule has 24 heavy (non-hydrogen) atoms. The lowest BCUT2D eigenvalue weighted by Gasteiger charge is -2.41. The standard InChI is InChI=1S/C17H21N3O3S/c21-15-5-6-16(22)20(15)13-8-11-3-4-12(9-13)19(11)17(23)18-10-14-2-1-7-24-14/h1-2,7,11-13H,3-6,8-10H2,(H,18,23)/t11-,12+,13?. The van der Waals surface area contributed by atoms with Crippen LogP contribution in [0.15, 0.2) is 17.5 Å². The third-order valence-corrected chi connectivity index (χ3v) is 6.27. The van der Waals surface area contributed by atoms with Crippen molar-refractivity contribution in [1.82, 2.24) is 15.1 Å². The maximum atomic E-state index is 12.6. The van der Waals surface area contributed by atoms with Gasteiger partial charge in [-0.15, -0.1) is 11.3 Å². The molecule has 128 valence electrons. The van der Waals surface area contributed by atoms with E-state index in [1.807, 2.05) is 22.4 Å². The second-order valence-electron chi connectivity index (χ2n) is 6.81. The minimum Gasteiger partial charge on any atom is -0.333 e. The summed E-state index contributed by atoms with van der Waals surface area (Å²) in [6, 6.07) is 4.22. The van der Waals surface area contributed by atoms with Crippen LogP contribution >= 0.6 is 11.3 Å². The molecule has 3 aliphatic rings. The van der Waals surface area contributed by atoms with E-state index in [-0.39, 0.29) is 36.0 Å². The first kappa shape index (κ1) is 15.6. The minimum atomic E-state index is -0.0417. The number of nitrogens with one attached hydrogen (secondary N) is 1. The molecule has 4 rings (SSSR count). The Kier molecular flexibility index (Phi) is 4.04. The van der Waals surface area contributed by atoms with Crippen molar-refractivity contribution < 1.29 is 14.4 Å². The van der Waals surface area contributed by atoms with Crippen molar-refractivity contribution in [2.75, 3.05) is 0 Å². The van der Waals surface area contributed by atoms with Crippen LogP contribution in [0.25, 0.3) is 0 Å². The van der Waals surface area contributed by atoms with Crippen LogP contribution in [-0.4, -0.2) is 45.8 Å². The van der Waals surface area contributed by atoms with Gasteiger partial charge in [0.2, 0.25) is 11.8 Å². The van der Waals surface area contributed by atoms with Gasteiger partial charge in [0.1, 0.15) is 0 Å². The van der Waals surface area contributed by atoms with Crippen molar-refractivity contribution in [3.8, 4) is 0 Å². The Labute approximate surface area is 144 Å². The summed E-state index contributed by atoms with van der Waals surface area (Å²) < 4.78 is 0. The minimum absolute atomic E-state index is 0.0200. The SMILES string of the molecule is O=C1CCC(=O)N1C1C[C@H]2CC[C@@H](C1)N2C(=O)NCc1cccs1. The maximum absolute atomic E-state index is 12.6. The Morgan fingerprint density at radius 3 is 2.38 bits per heavy atom. The number of urea groups is 1. The van der Waals surface area contributed by atoms with Crippen LogP contribution in [-0.2, 0) is 16.1 Å². The molecule has 2 bridgehead atoms. The van der Waals surface area contributed by atoms with Gasteiger partial charge in [-0.1, -0.05) is 6.07 Å². The average molecular weight is 347 g/mol. The molecule has 3 saturated heterocycles. The van der Waals surface area contributed by atoms with Crippen molar-refractivity contribution in [3.05, 3.63) is 22.4 Å². The van der Waals surface area contributed by atoms with Gasteiger partial charge in [0.05, 0.1) is 6.54 Å². The quantitative estimate of drug-likeness (QED) is 0.852. The van der Waals surface area contributed by atoms with Gasteiger partial charge in [-0.05, 0) is 37.1 Å². The Balaban J connectivity index is 1.40. The van der Waals surface area contributed by atoms with E-state index < -0.39 is 0 Å². The van der Waals surface area contributed by atoms with E-state index in [1.165, 1.54) is 4.90 Å². The number of rotatable bonds is 3. The van der Waals surface area contributed by atoms with Crippen LogP contribution in [0.4, 0.5) is 4.79 Å². The molecule has 7 heteroatoms. The Bertz CT molecular complexity index is 630. The molecule has 1 aromatic heterocycles. The molecule has 1 unspecified atom stereocenters. The first-order valence-corrected chi connectivity index (χ1v) is 9.45. The normalized spacial score (nSPS) is 29.4. The fourth-order valence-electron chi connectivity index (χ4n) is 4.36. The van der Waals surface area contributed by atoms with Gasteiger partial charge in [0.15, 0.2) is 0 Å². The summed E-state index contributed by atoms with van der Waals surface area (Å²) in [5, 5.41) is 5.01. The number of amides is 4. The number of nitrogens with zero attached hydrogens (tertiary/aromatic N) is 2. The van der Waals surface area contributed by atoms with Crippen LogP contribution in [0.5, 0.6) is 0 Å². The van der Waals surface area contributed by atoms with Gasteiger partial charge < -0.3 is 10.2 Å². The highest BCUT2D eigenvalue weighted by molar-refractivity contribution is 7.09. The lowest BCUT2D eigenvalue weighted by atomic mass is 9.96. The third kappa shape index (κ3) is 2.70. The number of hydrogen-bond donors (Lipinski definition) is 1. The molecule has 4 heterocycles. The van der Waals surface area contributed by atoms with Crippen LogP contribution in [0.1, 0.15) is 43.4 Å². The highest BCUT2D eigenvalue weighted by Crippen LogP contribution is 2.38. The summed E-state index contributed by atoms with van der Waals surface area (Å²) in [6.07, 6.45) is 4.06. The van der Waals surface area contributed by atoms with Gasteiger partial charge in [-0.2, -0.15) is 0 Å². The smallest absolute Gasteiger partial charge is 0.318 e. The van der Waals surface area contributed by atoms with Crippen molar-refractivity contribution in [1.29, 1.82) is 0 Å². The fraction of sp³-hybridized carbons (Fsp3) is 0.588. The summed E-state index contributed by atoms with van der Waals surface area (Å²) in [5.41, 5.74) is 0. The molecule has 3 fully saturated rings. The molecule has 4 amide bonds. The van der Waals surface area contributed by atoms with Crippen LogP contribution < -0.4 is 5.32 Å². The zero-order valence-corrected chi connectivity index (χ0v) is 14.3. The van der Waals surface area contributed by atoms with Gasteiger partial charge >= 0.3 is 6.03 Å². The van der Waals surface area contributed by atoms with Crippen LogP contribution in [0.3, 0.4) is 0 Å². The Morgan fingerprint density at radius 2 is 1.79 bits per heavy atom. The monoisotopic (exact) mass is 347 g/mol. The van der Waals surface area contributed by atoms with E-state index in [9.17, 15) is 14.4 Å². The predicted molar refractivity (Wildman–Crippen MR) is 89.3 cm³/mol. The molecule has 1 aromatic rings. The molecular weight excluding hydrogens is 326 g/mol. The highest BCUT2D eigenvalue weighted by Gasteiger charge is 2.47. The van der Waals surface area contributed by atoms with E-state index in [0.717, 1.165) is 30.6 Å². The number of carbonyl (C=O) groups excluding carboxylic acids is 3. The van der Waals surface area contributed by atoms with Gasteiger partial charge in [-0.25, -0.2) is 4.79 Å². The lowest BCUT2D eigenvalue weighted by molar-refractivity contribution is -0.142. The molecule has 3 atom stereocenters.